The number of anilines is 1. The van der Waals surface area contributed by atoms with Crippen LogP contribution in [-0.2, 0) is 4.79 Å². The summed E-state index contributed by atoms with van der Waals surface area (Å²) in [5.74, 6) is 0.0408. The molecule has 1 atom stereocenters. The molecule has 102 valence electrons. The summed E-state index contributed by atoms with van der Waals surface area (Å²) in [4.78, 5) is 25.4. The Bertz CT molecular complexity index is 510. The van der Waals surface area contributed by atoms with Crippen molar-refractivity contribution in [1.82, 2.24) is 5.32 Å². The number of amides is 3. The van der Waals surface area contributed by atoms with Crippen LogP contribution in [-0.4, -0.2) is 18.0 Å². The van der Waals surface area contributed by atoms with E-state index in [1.54, 1.807) is 18.2 Å². The molecule has 1 unspecified atom stereocenters. The summed E-state index contributed by atoms with van der Waals surface area (Å²) in [6.45, 7) is 5.84. The number of halogens is 1. The normalized spacial score (nSPS) is 19.8. The third kappa shape index (κ3) is 2.73. The highest BCUT2D eigenvalue weighted by atomic mass is 35.5. The number of aryl methyl sites for hydroxylation is 1. The van der Waals surface area contributed by atoms with Gasteiger partial charge in [0, 0.05) is 17.5 Å². The van der Waals surface area contributed by atoms with Gasteiger partial charge in [0.2, 0.25) is 5.91 Å². The van der Waals surface area contributed by atoms with E-state index in [0.29, 0.717) is 17.1 Å². The molecule has 0 radical (unpaired) electrons. The van der Waals surface area contributed by atoms with E-state index in [4.69, 9.17) is 11.6 Å². The molecule has 1 fully saturated rings. The molecular formula is C14H17ClN2O2. The van der Waals surface area contributed by atoms with Crippen LogP contribution in [0.25, 0.3) is 0 Å². The Morgan fingerprint density at radius 1 is 1.37 bits per heavy atom. The fourth-order valence-corrected chi connectivity index (χ4v) is 2.23. The quantitative estimate of drug-likeness (QED) is 0.905. The Balaban J connectivity index is 2.28. The van der Waals surface area contributed by atoms with Crippen molar-refractivity contribution < 1.29 is 9.59 Å². The van der Waals surface area contributed by atoms with Gasteiger partial charge in [0.05, 0.1) is 5.69 Å². The van der Waals surface area contributed by atoms with Crippen LogP contribution in [0, 0.1) is 12.8 Å². The number of nitrogens with one attached hydrogen (secondary N) is 1. The molecule has 19 heavy (non-hydrogen) atoms. The van der Waals surface area contributed by atoms with Crippen LogP contribution in [0.3, 0.4) is 0 Å². The Kier molecular flexibility index (Phi) is 3.80. The second-order valence-electron chi connectivity index (χ2n) is 5.17. The standard InChI is InChI=1S/C14H17ClN2O2/c1-8(2)12-7-13(18)17(14(19)16-12)10-5-4-9(3)11(15)6-10/h4-6,8,12H,7H2,1-3H3,(H,16,19). The maximum atomic E-state index is 12.1. The SMILES string of the molecule is Cc1ccc(N2C(=O)CC(C(C)C)NC2=O)cc1Cl. The first-order chi connectivity index (χ1) is 8.90. The number of hydrogen-bond acceptors (Lipinski definition) is 2. The largest absolute Gasteiger partial charge is 0.334 e. The molecule has 0 saturated carbocycles. The summed E-state index contributed by atoms with van der Waals surface area (Å²) in [6.07, 6.45) is 0.314. The van der Waals surface area contributed by atoms with Gasteiger partial charge in [-0.1, -0.05) is 31.5 Å². The van der Waals surface area contributed by atoms with Gasteiger partial charge in [0.1, 0.15) is 0 Å². The highest BCUT2D eigenvalue weighted by Crippen LogP contribution is 2.26. The third-order valence-corrected chi connectivity index (χ3v) is 3.78. The molecule has 3 amide bonds. The molecule has 1 N–H and O–H groups in total. The lowest BCUT2D eigenvalue weighted by atomic mass is 9.98. The smallest absolute Gasteiger partial charge is 0.328 e. The maximum absolute atomic E-state index is 12.1. The third-order valence-electron chi connectivity index (χ3n) is 3.37. The number of benzene rings is 1. The van der Waals surface area contributed by atoms with Crippen molar-refractivity contribution in [3.8, 4) is 0 Å². The van der Waals surface area contributed by atoms with E-state index in [2.05, 4.69) is 5.32 Å². The van der Waals surface area contributed by atoms with E-state index >= 15 is 0 Å². The maximum Gasteiger partial charge on any atom is 0.328 e. The van der Waals surface area contributed by atoms with Gasteiger partial charge in [-0.25, -0.2) is 9.69 Å². The molecule has 0 spiro atoms. The zero-order valence-corrected chi connectivity index (χ0v) is 12.0. The Hall–Kier alpha value is -1.55. The lowest BCUT2D eigenvalue weighted by molar-refractivity contribution is -0.119. The van der Waals surface area contributed by atoms with Gasteiger partial charge in [0.25, 0.3) is 0 Å². The van der Waals surface area contributed by atoms with Crippen LogP contribution in [0.2, 0.25) is 5.02 Å². The minimum Gasteiger partial charge on any atom is -0.334 e. The number of urea groups is 1. The lowest BCUT2D eigenvalue weighted by Crippen LogP contribution is -2.56. The van der Waals surface area contributed by atoms with Crippen molar-refractivity contribution >= 4 is 29.2 Å². The van der Waals surface area contributed by atoms with E-state index in [9.17, 15) is 9.59 Å². The van der Waals surface area contributed by atoms with E-state index in [1.807, 2.05) is 20.8 Å². The molecule has 0 aromatic heterocycles. The van der Waals surface area contributed by atoms with Crippen LogP contribution < -0.4 is 10.2 Å². The first-order valence-electron chi connectivity index (χ1n) is 6.29. The van der Waals surface area contributed by atoms with Crippen molar-refractivity contribution in [2.24, 2.45) is 5.92 Å². The van der Waals surface area contributed by atoms with E-state index in [-0.39, 0.29) is 23.9 Å². The van der Waals surface area contributed by atoms with Crippen molar-refractivity contribution in [3.63, 3.8) is 0 Å². The van der Waals surface area contributed by atoms with Crippen LogP contribution in [0.15, 0.2) is 18.2 Å². The average Bonchev–Trinajstić information content (AvgIpc) is 2.32. The van der Waals surface area contributed by atoms with Gasteiger partial charge in [-0.05, 0) is 30.5 Å². The first kappa shape index (κ1) is 13.9. The predicted molar refractivity (Wildman–Crippen MR) is 75.4 cm³/mol. The molecule has 1 aromatic carbocycles. The van der Waals surface area contributed by atoms with Crippen molar-refractivity contribution in [1.29, 1.82) is 0 Å². The lowest BCUT2D eigenvalue weighted by Gasteiger charge is -2.33. The van der Waals surface area contributed by atoms with Crippen LogP contribution in [0.1, 0.15) is 25.8 Å². The van der Waals surface area contributed by atoms with E-state index < -0.39 is 0 Å². The summed E-state index contributed by atoms with van der Waals surface area (Å²) in [6, 6.07) is 4.69. The van der Waals surface area contributed by atoms with E-state index in [0.717, 1.165) is 10.5 Å². The predicted octanol–water partition coefficient (Wildman–Crippen LogP) is 3.12. The molecular weight excluding hydrogens is 264 g/mol. The zero-order chi connectivity index (χ0) is 14.2. The van der Waals surface area contributed by atoms with Gasteiger partial charge in [-0.2, -0.15) is 0 Å². The van der Waals surface area contributed by atoms with Crippen molar-refractivity contribution in [2.45, 2.75) is 33.2 Å². The second kappa shape index (κ2) is 5.21. The van der Waals surface area contributed by atoms with Gasteiger partial charge in [0.15, 0.2) is 0 Å². The molecule has 1 aromatic rings. The zero-order valence-electron chi connectivity index (χ0n) is 11.2. The van der Waals surface area contributed by atoms with E-state index in [1.165, 1.54) is 0 Å². The monoisotopic (exact) mass is 280 g/mol. The van der Waals surface area contributed by atoms with Crippen molar-refractivity contribution in [2.75, 3.05) is 4.90 Å². The summed E-state index contributed by atoms with van der Waals surface area (Å²) >= 11 is 6.04. The highest BCUT2D eigenvalue weighted by Gasteiger charge is 2.34. The number of rotatable bonds is 2. The number of carbonyl (C=O) groups is 2. The summed E-state index contributed by atoms with van der Waals surface area (Å²) in [7, 11) is 0. The van der Waals surface area contributed by atoms with Gasteiger partial charge >= 0.3 is 6.03 Å². The number of carbonyl (C=O) groups excluding carboxylic acids is 2. The van der Waals surface area contributed by atoms with Crippen LogP contribution >= 0.6 is 11.6 Å². The van der Waals surface area contributed by atoms with Gasteiger partial charge < -0.3 is 5.32 Å². The topological polar surface area (TPSA) is 49.4 Å². The molecule has 1 aliphatic rings. The van der Waals surface area contributed by atoms with Gasteiger partial charge in [-0.3, -0.25) is 4.79 Å². The fraction of sp³-hybridized carbons (Fsp3) is 0.429. The molecule has 1 aliphatic heterocycles. The van der Waals surface area contributed by atoms with Crippen molar-refractivity contribution in [3.05, 3.63) is 28.8 Å². The first-order valence-corrected chi connectivity index (χ1v) is 6.67. The number of nitrogens with zero attached hydrogens (tertiary/aromatic N) is 1. The van der Waals surface area contributed by atoms with Crippen LogP contribution in [0.4, 0.5) is 10.5 Å². The highest BCUT2D eigenvalue weighted by molar-refractivity contribution is 6.32. The molecule has 0 aliphatic carbocycles. The summed E-state index contributed by atoms with van der Waals surface area (Å²) < 4.78 is 0. The summed E-state index contributed by atoms with van der Waals surface area (Å²) in [5, 5.41) is 3.40. The molecule has 1 heterocycles. The number of imide groups is 1. The van der Waals surface area contributed by atoms with Crippen LogP contribution in [0.5, 0.6) is 0 Å². The summed E-state index contributed by atoms with van der Waals surface area (Å²) in [5.41, 5.74) is 1.43. The molecule has 5 heteroatoms. The Morgan fingerprint density at radius 2 is 2.05 bits per heavy atom. The minimum atomic E-state index is -0.380. The van der Waals surface area contributed by atoms with Gasteiger partial charge in [-0.15, -0.1) is 0 Å². The Morgan fingerprint density at radius 3 is 2.58 bits per heavy atom. The fourth-order valence-electron chi connectivity index (χ4n) is 2.05. The molecule has 0 bridgehead atoms. The Labute approximate surface area is 117 Å². The molecule has 2 rings (SSSR count). The molecule has 1 saturated heterocycles. The average molecular weight is 281 g/mol. The minimum absolute atomic E-state index is 0.0998. The molecule has 4 nitrogen and oxygen atoms in total. The second-order valence-corrected chi connectivity index (χ2v) is 5.57. The number of hydrogen-bond donors (Lipinski definition) is 1.